The summed E-state index contributed by atoms with van der Waals surface area (Å²) in [5.41, 5.74) is 1.25. The highest BCUT2D eigenvalue weighted by molar-refractivity contribution is 7.11. The molecule has 0 aliphatic carbocycles. The summed E-state index contributed by atoms with van der Waals surface area (Å²) in [5.74, 6) is -0.328. The van der Waals surface area contributed by atoms with Crippen LogP contribution in [0.4, 0.5) is 13.2 Å². The van der Waals surface area contributed by atoms with E-state index in [1.54, 1.807) is 16.2 Å². The van der Waals surface area contributed by atoms with E-state index in [0.29, 0.717) is 19.0 Å². The van der Waals surface area contributed by atoms with Crippen molar-refractivity contribution in [2.24, 2.45) is 0 Å². The lowest BCUT2D eigenvalue weighted by Crippen LogP contribution is -2.37. The highest BCUT2D eigenvalue weighted by Crippen LogP contribution is 2.33. The number of halogens is 3. The number of alkyl halides is 3. The van der Waals surface area contributed by atoms with Gasteiger partial charge in [-0.15, -0.1) is 24.5 Å². The number of carbonyl (C=O) groups excluding carboxylic acids is 1. The number of piperidine rings is 1. The Hall–Kier alpha value is -2.09. The van der Waals surface area contributed by atoms with Gasteiger partial charge in [-0.25, -0.2) is 4.98 Å². The average Bonchev–Trinajstić information content (AvgIpc) is 2.92. The van der Waals surface area contributed by atoms with Crippen LogP contribution in [-0.2, 0) is 0 Å². The molecule has 0 bridgehead atoms. The quantitative estimate of drug-likeness (QED) is 0.772. The van der Waals surface area contributed by atoms with Gasteiger partial charge in [0.15, 0.2) is 0 Å². The Morgan fingerprint density at radius 2 is 1.96 bits per heavy atom. The first-order valence-corrected chi connectivity index (χ1v) is 9.13. The average molecular weight is 384 g/mol. The van der Waals surface area contributed by atoms with Crippen molar-refractivity contribution < 1.29 is 22.7 Å². The van der Waals surface area contributed by atoms with Gasteiger partial charge in [0, 0.05) is 29.4 Å². The normalized spacial score (nSPS) is 16.0. The van der Waals surface area contributed by atoms with E-state index in [1.165, 1.54) is 23.1 Å². The Balaban J connectivity index is 1.64. The van der Waals surface area contributed by atoms with E-state index in [0.717, 1.165) is 29.6 Å². The molecule has 4 nitrogen and oxygen atoms in total. The first-order valence-electron chi connectivity index (χ1n) is 8.32. The maximum Gasteiger partial charge on any atom is 0.573 e. The number of nitrogens with zero attached hydrogens (tertiary/aromatic N) is 2. The number of amides is 1. The molecule has 0 unspecified atom stereocenters. The first-order chi connectivity index (χ1) is 12.2. The second-order valence-corrected chi connectivity index (χ2v) is 7.57. The summed E-state index contributed by atoms with van der Waals surface area (Å²) >= 11 is 1.70. The highest BCUT2D eigenvalue weighted by atomic mass is 32.1. The van der Waals surface area contributed by atoms with Crippen molar-refractivity contribution in [3.8, 4) is 5.75 Å². The van der Waals surface area contributed by atoms with E-state index in [1.807, 2.05) is 13.8 Å². The van der Waals surface area contributed by atoms with Gasteiger partial charge in [0.1, 0.15) is 5.75 Å². The molecule has 1 aromatic heterocycles. The number of benzene rings is 1. The van der Waals surface area contributed by atoms with Gasteiger partial charge in [0.2, 0.25) is 0 Å². The fourth-order valence-corrected chi connectivity index (χ4v) is 4.10. The molecule has 0 radical (unpaired) electrons. The van der Waals surface area contributed by atoms with Crippen LogP contribution in [-0.4, -0.2) is 35.2 Å². The largest absolute Gasteiger partial charge is 0.573 e. The molecular formula is C18H19F3N2O2S. The third kappa shape index (κ3) is 4.35. The Morgan fingerprint density at radius 1 is 1.27 bits per heavy atom. The molecule has 1 aromatic carbocycles. The lowest BCUT2D eigenvalue weighted by molar-refractivity contribution is -0.274. The van der Waals surface area contributed by atoms with Crippen LogP contribution >= 0.6 is 11.3 Å². The third-order valence-corrected chi connectivity index (χ3v) is 5.73. The lowest BCUT2D eigenvalue weighted by Gasteiger charge is -2.31. The Kier molecular flexibility index (Phi) is 5.22. The molecule has 8 heteroatoms. The van der Waals surface area contributed by atoms with Gasteiger partial charge in [-0.2, -0.15) is 0 Å². The van der Waals surface area contributed by atoms with Crippen LogP contribution in [0, 0.1) is 13.8 Å². The molecule has 140 valence electrons. The summed E-state index contributed by atoms with van der Waals surface area (Å²) in [4.78, 5) is 20.1. The number of aryl methyl sites for hydroxylation is 2. The summed E-state index contributed by atoms with van der Waals surface area (Å²) in [6.45, 7) is 5.16. The lowest BCUT2D eigenvalue weighted by atomic mass is 9.97. The molecule has 0 atom stereocenters. The third-order valence-electron chi connectivity index (χ3n) is 4.49. The maximum atomic E-state index is 12.6. The number of aromatic nitrogens is 1. The fraction of sp³-hybridized carbons (Fsp3) is 0.444. The van der Waals surface area contributed by atoms with E-state index >= 15 is 0 Å². The molecule has 0 saturated carbocycles. The van der Waals surface area contributed by atoms with Crippen molar-refractivity contribution in [1.29, 1.82) is 0 Å². The molecule has 3 rings (SSSR count). The molecule has 1 fully saturated rings. The standard InChI is InChI=1S/C18H19F3N2O2S/c1-11-12(2)26-16(22-11)13-6-8-23(9-7-13)17(24)14-4-3-5-15(10-14)25-18(19,20)21/h3-5,10,13H,6-9H2,1-2H3. The molecule has 2 heterocycles. The van der Waals surface area contributed by atoms with Gasteiger partial charge in [0.25, 0.3) is 5.91 Å². The van der Waals surface area contributed by atoms with Crippen molar-refractivity contribution in [3.05, 3.63) is 45.4 Å². The number of carbonyl (C=O) groups is 1. The van der Waals surface area contributed by atoms with Crippen molar-refractivity contribution in [1.82, 2.24) is 9.88 Å². The van der Waals surface area contributed by atoms with Crippen LogP contribution < -0.4 is 4.74 Å². The van der Waals surface area contributed by atoms with E-state index in [2.05, 4.69) is 9.72 Å². The van der Waals surface area contributed by atoms with Crippen molar-refractivity contribution in [2.45, 2.75) is 39.0 Å². The zero-order valence-corrected chi connectivity index (χ0v) is 15.3. The summed E-state index contributed by atoms with van der Waals surface area (Å²) in [7, 11) is 0. The minimum atomic E-state index is -4.77. The molecule has 1 amide bonds. The summed E-state index contributed by atoms with van der Waals surface area (Å²) in [6, 6.07) is 5.21. The van der Waals surface area contributed by atoms with Crippen LogP contribution in [0.2, 0.25) is 0 Å². The second kappa shape index (κ2) is 7.26. The van der Waals surface area contributed by atoms with Gasteiger partial charge in [-0.05, 0) is 44.9 Å². The van der Waals surface area contributed by atoms with Gasteiger partial charge >= 0.3 is 6.36 Å². The molecular weight excluding hydrogens is 365 g/mol. The Bertz CT molecular complexity index is 776. The van der Waals surface area contributed by atoms with Crippen LogP contribution in [0.5, 0.6) is 5.75 Å². The van der Waals surface area contributed by atoms with Gasteiger partial charge in [0.05, 0.1) is 10.7 Å². The van der Waals surface area contributed by atoms with E-state index < -0.39 is 6.36 Å². The van der Waals surface area contributed by atoms with Gasteiger partial charge in [-0.3, -0.25) is 4.79 Å². The zero-order valence-electron chi connectivity index (χ0n) is 14.5. The predicted molar refractivity (Wildman–Crippen MR) is 92.6 cm³/mol. The zero-order chi connectivity index (χ0) is 18.9. The Labute approximate surface area is 153 Å². The van der Waals surface area contributed by atoms with Gasteiger partial charge < -0.3 is 9.64 Å². The topological polar surface area (TPSA) is 42.4 Å². The number of rotatable bonds is 3. The van der Waals surface area contributed by atoms with Gasteiger partial charge in [-0.1, -0.05) is 6.07 Å². The summed E-state index contributed by atoms with van der Waals surface area (Å²) < 4.78 is 40.9. The number of likely N-dealkylation sites (tertiary alicyclic amines) is 1. The molecule has 2 aromatic rings. The van der Waals surface area contributed by atoms with Crippen molar-refractivity contribution in [3.63, 3.8) is 0 Å². The molecule has 1 aliphatic rings. The molecule has 1 aliphatic heterocycles. The summed E-state index contributed by atoms with van der Waals surface area (Å²) in [6.07, 6.45) is -3.17. The van der Waals surface area contributed by atoms with Crippen LogP contribution in [0.1, 0.15) is 44.7 Å². The van der Waals surface area contributed by atoms with Crippen LogP contribution in [0.25, 0.3) is 0 Å². The first kappa shape index (κ1) is 18.7. The second-order valence-electron chi connectivity index (χ2n) is 6.34. The maximum absolute atomic E-state index is 12.6. The van der Waals surface area contributed by atoms with E-state index in [9.17, 15) is 18.0 Å². The highest BCUT2D eigenvalue weighted by Gasteiger charge is 2.32. The SMILES string of the molecule is Cc1nc(C2CCN(C(=O)c3cccc(OC(F)(F)F)c3)CC2)sc1C. The van der Waals surface area contributed by atoms with Crippen LogP contribution in [0.15, 0.2) is 24.3 Å². The summed E-state index contributed by atoms with van der Waals surface area (Å²) in [5, 5.41) is 1.10. The smallest absolute Gasteiger partial charge is 0.406 e. The number of hydrogen-bond donors (Lipinski definition) is 0. The van der Waals surface area contributed by atoms with Crippen molar-refractivity contribution >= 4 is 17.2 Å². The molecule has 1 saturated heterocycles. The Morgan fingerprint density at radius 3 is 2.54 bits per heavy atom. The van der Waals surface area contributed by atoms with Crippen LogP contribution in [0.3, 0.4) is 0 Å². The van der Waals surface area contributed by atoms with E-state index in [4.69, 9.17) is 0 Å². The van der Waals surface area contributed by atoms with Crippen molar-refractivity contribution in [2.75, 3.05) is 13.1 Å². The fourth-order valence-electron chi connectivity index (χ4n) is 3.01. The predicted octanol–water partition coefficient (Wildman–Crippen LogP) is 4.68. The van der Waals surface area contributed by atoms with E-state index in [-0.39, 0.29) is 17.2 Å². The molecule has 26 heavy (non-hydrogen) atoms. The monoisotopic (exact) mass is 384 g/mol. The molecule has 0 N–H and O–H groups in total. The molecule has 0 spiro atoms. The minimum absolute atomic E-state index is 0.200. The number of thiazole rings is 1. The number of hydrogen-bond acceptors (Lipinski definition) is 4. The number of ether oxygens (including phenoxy) is 1. The minimum Gasteiger partial charge on any atom is -0.406 e.